The van der Waals surface area contributed by atoms with Crippen molar-refractivity contribution in [2.24, 2.45) is 5.73 Å². The van der Waals surface area contributed by atoms with Crippen molar-refractivity contribution in [3.63, 3.8) is 0 Å². The summed E-state index contributed by atoms with van der Waals surface area (Å²) in [6.07, 6.45) is 0. The van der Waals surface area contributed by atoms with Gasteiger partial charge >= 0.3 is 0 Å². The molecule has 86 valence electrons. The Bertz CT molecular complexity index is 405. The van der Waals surface area contributed by atoms with E-state index in [0.717, 1.165) is 37.6 Å². The number of hydrogen-bond donors (Lipinski definition) is 1. The van der Waals surface area contributed by atoms with Crippen LogP contribution in [0.1, 0.15) is 5.56 Å². The molecule has 0 unspecified atom stereocenters. The van der Waals surface area contributed by atoms with E-state index in [2.05, 4.69) is 4.90 Å². The highest BCUT2D eigenvalue weighted by Crippen LogP contribution is 2.25. The summed E-state index contributed by atoms with van der Waals surface area (Å²) in [6.45, 7) is 3.19. The number of morpholine rings is 1. The molecule has 16 heavy (non-hydrogen) atoms. The molecule has 1 saturated heterocycles. The summed E-state index contributed by atoms with van der Waals surface area (Å²) in [5.74, 6) is 0. The maximum absolute atomic E-state index is 5.94. The first kappa shape index (κ1) is 11.6. The minimum absolute atomic E-state index is 0.379. The first-order valence-corrected chi connectivity index (χ1v) is 5.89. The van der Waals surface area contributed by atoms with Crippen molar-refractivity contribution in [1.82, 2.24) is 0 Å². The van der Waals surface area contributed by atoms with Crippen molar-refractivity contribution in [3.05, 3.63) is 28.8 Å². The molecular formula is C11H13ClN2OS. The molecule has 2 N–H and O–H groups in total. The van der Waals surface area contributed by atoms with E-state index in [0.29, 0.717) is 10.0 Å². The lowest BCUT2D eigenvalue weighted by Gasteiger charge is -2.30. The second-order valence-corrected chi connectivity index (χ2v) is 4.50. The van der Waals surface area contributed by atoms with E-state index >= 15 is 0 Å². The lowest BCUT2D eigenvalue weighted by molar-refractivity contribution is 0.122. The summed E-state index contributed by atoms with van der Waals surface area (Å²) in [6, 6.07) is 5.63. The molecule has 1 aromatic rings. The highest BCUT2D eigenvalue weighted by Gasteiger charge is 2.16. The number of thiocarbonyl (C=S) groups is 1. The van der Waals surface area contributed by atoms with E-state index in [1.807, 2.05) is 18.2 Å². The lowest BCUT2D eigenvalue weighted by Crippen LogP contribution is -2.37. The summed E-state index contributed by atoms with van der Waals surface area (Å²) in [5.41, 5.74) is 7.58. The molecule has 3 nitrogen and oxygen atoms in total. The van der Waals surface area contributed by atoms with Crippen LogP contribution in [-0.2, 0) is 4.74 Å². The lowest BCUT2D eigenvalue weighted by atomic mass is 10.1. The quantitative estimate of drug-likeness (QED) is 0.820. The SMILES string of the molecule is NC(=S)c1cc(Cl)ccc1N1CCOCC1. The molecule has 1 aliphatic rings. The van der Waals surface area contributed by atoms with Crippen LogP contribution in [0, 0.1) is 0 Å². The van der Waals surface area contributed by atoms with Gasteiger partial charge in [0, 0.05) is 29.4 Å². The Hall–Kier alpha value is -0.840. The fourth-order valence-corrected chi connectivity index (χ4v) is 2.12. The molecule has 1 heterocycles. The van der Waals surface area contributed by atoms with Crippen LogP contribution in [0.25, 0.3) is 0 Å². The van der Waals surface area contributed by atoms with Crippen molar-refractivity contribution in [2.75, 3.05) is 31.2 Å². The third kappa shape index (κ3) is 2.45. The van der Waals surface area contributed by atoms with Crippen LogP contribution >= 0.6 is 23.8 Å². The van der Waals surface area contributed by atoms with Crippen LogP contribution in [0.15, 0.2) is 18.2 Å². The van der Waals surface area contributed by atoms with Gasteiger partial charge in [0.25, 0.3) is 0 Å². The van der Waals surface area contributed by atoms with Gasteiger partial charge in [-0.3, -0.25) is 0 Å². The Labute approximate surface area is 105 Å². The van der Waals surface area contributed by atoms with Gasteiger partial charge in [0.1, 0.15) is 4.99 Å². The molecule has 0 saturated carbocycles. The molecule has 2 rings (SSSR count). The fraction of sp³-hybridized carbons (Fsp3) is 0.364. The van der Waals surface area contributed by atoms with Crippen LogP contribution in [0.2, 0.25) is 5.02 Å². The topological polar surface area (TPSA) is 38.5 Å². The van der Waals surface area contributed by atoms with Crippen LogP contribution in [-0.4, -0.2) is 31.3 Å². The Morgan fingerprint density at radius 2 is 2.06 bits per heavy atom. The Morgan fingerprint density at radius 3 is 2.69 bits per heavy atom. The monoisotopic (exact) mass is 256 g/mol. The van der Waals surface area contributed by atoms with E-state index in [1.54, 1.807) is 0 Å². The molecule has 0 radical (unpaired) electrons. The molecule has 1 aliphatic heterocycles. The average Bonchev–Trinajstić information content (AvgIpc) is 2.30. The maximum Gasteiger partial charge on any atom is 0.106 e. The minimum atomic E-state index is 0.379. The van der Waals surface area contributed by atoms with Crippen molar-refractivity contribution < 1.29 is 4.74 Å². The third-order valence-electron chi connectivity index (χ3n) is 2.58. The molecule has 0 spiro atoms. The highest BCUT2D eigenvalue weighted by atomic mass is 35.5. The molecule has 0 aliphatic carbocycles. The third-order valence-corrected chi connectivity index (χ3v) is 3.03. The molecule has 1 aromatic carbocycles. The minimum Gasteiger partial charge on any atom is -0.389 e. The smallest absolute Gasteiger partial charge is 0.106 e. The summed E-state index contributed by atoms with van der Waals surface area (Å²) in [7, 11) is 0. The predicted octanol–water partition coefficient (Wildman–Crippen LogP) is 1.81. The number of rotatable bonds is 2. The number of nitrogens with zero attached hydrogens (tertiary/aromatic N) is 1. The predicted molar refractivity (Wildman–Crippen MR) is 70.4 cm³/mol. The van der Waals surface area contributed by atoms with Gasteiger partial charge in [0.15, 0.2) is 0 Å². The van der Waals surface area contributed by atoms with Gasteiger partial charge in [-0.25, -0.2) is 0 Å². The zero-order valence-corrected chi connectivity index (χ0v) is 10.4. The Morgan fingerprint density at radius 1 is 1.38 bits per heavy atom. The first-order chi connectivity index (χ1) is 7.68. The number of halogens is 1. The van der Waals surface area contributed by atoms with Crippen molar-refractivity contribution >= 4 is 34.5 Å². The molecular weight excluding hydrogens is 244 g/mol. The van der Waals surface area contributed by atoms with Crippen LogP contribution in [0.5, 0.6) is 0 Å². The fourth-order valence-electron chi connectivity index (χ4n) is 1.79. The van der Waals surface area contributed by atoms with Gasteiger partial charge in [-0.15, -0.1) is 0 Å². The van der Waals surface area contributed by atoms with Gasteiger partial charge in [0.2, 0.25) is 0 Å². The zero-order chi connectivity index (χ0) is 11.5. The summed E-state index contributed by atoms with van der Waals surface area (Å²) in [5, 5.41) is 0.653. The maximum atomic E-state index is 5.94. The van der Waals surface area contributed by atoms with Gasteiger partial charge in [0.05, 0.1) is 13.2 Å². The van der Waals surface area contributed by atoms with Crippen molar-refractivity contribution in [1.29, 1.82) is 0 Å². The molecule has 0 bridgehead atoms. The van der Waals surface area contributed by atoms with Gasteiger partial charge < -0.3 is 15.4 Å². The van der Waals surface area contributed by atoms with Gasteiger partial charge in [-0.05, 0) is 18.2 Å². The average molecular weight is 257 g/mol. The molecule has 0 atom stereocenters. The molecule has 0 amide bonds. The van der Waals surface area contributed by atoms with E-state index in [1.165, 1.54) is 0 Å². The molecule has 5 heteroatoms. The van der Waals surface area contributed by atoms with Crippen molar-refractivity contribution in [2.45, 2.75) is 0 Å². The normalized spacial score (nSPS) is 16.2. The van der Waals surface area contributed by atoms with E-state index in [-0.39, 0.29) is 0 Å². The van der Waals surface area contributed by atoms with E-state index < -0.39 is 0 Å². The zero-order valence-electron chi connectivity index (χ0n) is 8.78. The highest BCUT2D eigenvalue weighted by molar-refractivity contribution is 7.80. The first-order valence-electron chi connectivity index (χ1n) is 5.10. The second kappa shape index (κ2) is 4.99. The van der Waals surface area contributed by atoms with Crippen LogP contribution in [0.4, 0.5) is 5.69 Å². The Kier molecular flexibility index (Phi) is 3.63. The van der Waals surface area contributed by atoms with Crippen LogP contribution < -0.4 is 10.6 Å². The summed E-state index contributed by atoms with van der Waals surface area (Å²) in [4.78, 5) is 2.60. The number of nitrogens with two attached hydrogens (primary N) is 1. The molecule has 1 fully saturated rings. The number of hydrogen-bond acceptors (Lipinski definition) is 3. The van der Waals surface area contributed by atoms with Crippen LogP contribution in [0.3, 0.4) is 0 Å². The standard InChI is InChI=1S/C11H13ClN2OS/c12-8-1-2-10(9(7-8)11(13)16)14-3-5-15-6-4-14/h1-2,7H,3-6H2,(H2,13,16). The molecule has 0 aromatic heterocycles. The number of anilines is 1. The Balaban J connectivity index is 2.34. The van der Waals surface area contributed by atoms with Gasteiger partial charge in [-0.2, -0.15) is 0 Å². The van der Waals surface area contributed by atoms with E-state index in [4.69, 9.17) is 34.3 Å². The number of benzene rings is 1. The van der Waals surface area contributed by atoms with Gasteiger partial charge in [-0.1, -0.05) is 23.8 Å². The second-order valence-electron chi connectivity index (χ2n) is 3.63. The van der Waals surface area contributed by atoms with E-state index in [9.17, 15) is 0 Å². The largest absolute Gasteiger partial charge is 0.389 e. The van der Waals surface area contributed by atoms with Crippen molar-refractivity contribution in [3.8, 4) is 0 Å². The summed E-state index contributed by atoms with van der Waals surface area (Å²) >= 11 is 11.0. The summed E-state index contributed by atoms with van der Waals surface area (Å²) < 4.78 is 5.31. The number of ether oxygens (including phenoxy) is 1.